The third kappa shape index (κ3) is 2.59. The molecule has 0 unspecified atom stereocenters. The Bertz CT molecular complexity index is 239. The van der Waals surface area contributed by atoms with E-state index >= 15 is 0 Å². The minimum Gasteiger partial charge on any atom is -0.326 e. The maximum atomic E-state index is 10.2. The van der Waals surface area contributed by atoms with Crippen molar-refractivity contribution in [3.05, 3.63) is 0 Å². The molecule has 64 valence electrons. The highest BCUT2D eigenvalue weighted by Gasteiger charge is 2.21. The first kappa shape index (κ1) is 8.67. The monoisotopic (exact) mass is 176 g/mol. The van der Waals surface area contributed by atoms with Gasteiger partial charge in [-0.05, 0) is 12.8 Å². The van der Waals surface area contributed by atoms with Crippen molar-refractivity contribution in [2.24, 2.45) is 10.1 Å². The average Bonchev–Trinajstić information content (AvgIpc) is 1.93. The molecule has 0 bridgehead atoms. The van der Waals surface area contributed by atoms with E-state index in [1.165, 1.54) is 0 Å². The fourth-order valence-electron chi connectivity index (χ4n) is 1.38. The van der Waals surface area contributed by atoms with Gasteiger partial charge in [-0.2, -0.15) is 12.8 Å². The molecule has 11 heavy (non-hydrogen) atoms. The summed E-state index contributed by atoms with van der Waals surface area (Å²) in [7, 11) is -2.29. The van der Waals surface area contributed by atoms with Gasteiger partial charge in [0.2, 0.25) is 0 Å². The summed E-state index contributed by atoms with van der Waals surface area (Å²) in [6, 6.07) is -0.219. The van der Waals surface area contributed by atoms with E-state index in [4.69, 9.17) is 5.73 Å². The molecule has 1 fully saturated rings. The largest absolute Gasteiger partial charge is 0.326 e. The SMILES string of the molecule is N[C@H]1CCCC[C@@H]1N=S(=O)=O. The van der Waals surface area contributed by atoms with E-state index in [1.54, 1.807) is 0 Å². The number of rotatable bonds is 1. The molecular weight excluding hydrogens is 164 g/mol. The third-order valence-corrected chi connectivity index (χ3v) is 2.45. The summed E-state index contributed by atoms with van der Waals surface area (Å²) in [6.45, 7) is 0. The summed E-state index contributed by atoms with van der Waals surface area (Å²) in [5.41, 5.74) is 5.66. The Morgan fingerprint density at radius 2 is 1.91 bits per heavy atom. The zero-order valence-electron chi connectivity index (χ0n) is 6.23. The van der Waals surface area contributed by atoms with Crippen LogP contribution in [0.3, 0.4) is 0 Å². The number of hydrogen-bond donors (Lipinski definition) is 1. The maximum absolute atomic E-state index is 10.2. The third-order valence-electron chi connectivity index (χ3n) is 2.00. The number of nitrogens with two attached hydrogens (primary N) is 1. The lowest BCUT2D eigenvalue weighted by atomic mass is 9.92. The Kier molecular flexibility index (Phi) is 3.02. The highest BCUT2D eigenvalue weighted by Crippen LogP contribution is 2.19. The molecule has 0 spiro atoms. The van der Waals surface area contributed by atoms with Crippen LogP contribution in [0.1, 0.15) is 25.7 Å². The van der Waals surface area contributed by atoms with Crippen molar-refractivity contribution < 1.29 is 8.42 Å². The summed E-state index contributed by atoms with van der Waals surface area (Å²) >= 11 is 0. The van der Waals surface area contributed by atoms with Gasteiger partial charge in [0.05, 0.1) is 6.04 Å². The summed E-state index contributed by atoms with van der Waals surface area (Å²) < 4.78 is 23.9. The van der Waals surface area contributed by atoms with Crippen LogP contribution in [0.25, 0.3) is 0 Å². The molecule has 1 rings (SSSR count). The van der Waals surface area contributed by atoms with Crippen molar-refractivity contribution in [1.82, 2.24) is 0 Å². The van der Waals surface area contributed by atoms with Crippen LogP contribution in [0.15, 0.2) is 4.36 Å². The Balaban J connectivity index is 2.62. The van der Waals surface area contributed by atoms with Crippen LogP contribution in [0, 0.1) is 0 Å². The molecule has 1 aliphatic rings. The van der Waals surface area contributed by atoms with Gasteiger partial charge in [-0.1, -0.05) is 12.8 Å². The maximum Gasteiger partial charge on any atom is 0.311 e. The fraction of sp³-hybridized carbons (Fsp3) is 1.00. The van der Waals surface area contributed by atoms with Crippen LogP contribution in [0.2, 0.25) is 0 Å². The molecule has 1 aliphatic carbocycles. The first-order valence-corrected chi connectivity index (χ1v) is 4.79. The summed E-state index contributed by atoms with van der Waals surface area (Å²) in [5.74, 6) is 0. The zero-order valence-corrected chi connectivity index (χ0v) is 7.05. The van der Waals surface area contributed by atoms with Gasteiger partial charge in [0.1, 0.15) is 0 Å². The molecule has 2 atom stereocenters. The van der Waals surface area contributed by atoms with Crippen molar-refractivity contribution in [2.75, 3.05) is 0 Å². The van der Waals surface area contributed by atoms with Gasteiger partial charge in [0, 0.05) is 6.04 Å². The molecule has 0 aliphatic heterocycles. The first-order valence-electron chi connectivity index (χ1n) is 3.76. The number of nitrogens with zero attached hydrogens (tertiary/aromatic N) is 1. The van der Waals surface area contributed by atoms with Crippen molar-refractivity contribution in [3.63, 3.8) is 0 Å². The van der Waals surface area contributed by atoms with Crippen LogP contribution in [0.5, 0.6) is 0 Å². The van der Waals surface area contributed by atoms with Gasteiger partial charge < -0.3 is 5.73 Å². The minimum atomic E-state index is -2.29. The van der Waals surface area contributed by atoms with Crippen LogP contribution in [-0.2, 0) is 10.5 Å². The van der Waals surface area contributed by atoms with Crippen LogP contribution < -0.4 is 5.73 Å². The minimum absolute atomic E-state index is 0.0540. The van der Waals surface area contributed by atoms with Gasteiger partial charge in [-0.3, -0.25) is 0 Å². The molecule has 0 aromatic rings. The molecule has 2 N–H and O–H groups in total. The highest BCUT2D eigenvalue weighted by molar-refractivity contribution is 7.61. The second kappa shape index (κ2) is 3.82. The van der Waals surface area contributed by atoms with Crippen LogP contribution in [0.4, 0.5) is 0 Å². The molecule has 1 saturated carbocycles. The van der Waals surface area contributed by atoms with Gasteiger partial charge in [-0.25, -0.2) is 0 Å². The quantitative estimate of drug-likeness (QED) is 0.625. The molecule has 0 aromatic heterocycles. The van der Waals surface area contributed by atoms with Crippen molar-refractivity contribution >= 4 is 10.5 Å². The van der Waals surface area contributed by atoms with Gasteiger partial charge in [0.15, 0.2) is 0 Å². The van der Waals surface area contributed by atoms with E-state index in [0.717, 1.165) is 25.7 Å². The standard InChI is InChI=1S/C6H12N2O2S/c7-5-3-1-2-4-6(5)8-11(9)10/h5-6H,1-4,7H2/t5-,6-/m0/s1. The average molecular weight is 176 g/mol. The second-order valence-corrected chi connectivity index (χ2v) is 3.48. The Morgan fingerprint density at radius 1 is 1.27 bits per heavy atom. The topological polar surface area (TPSA) is 72.5 Å². The predicted molar refractivity (Wildman–Crippen MR) is 41.6 cm³/mol. The van der Waals surface area contributed by atoms with E-state index in [9.17, 15) is 8.42 Å². The summed E-state index contributed by atoms with van der Waals surface area (Å²) in [4.78, 5) is 0. The Hall–Kier alpha value is -0.420. The van der Waals surface area contributed by atoms with E-state index < -0.39 is 10.5 Å². The molecular formula is C6H12N2O2S. The normalized spacial score (nSPS) is 31.4. The van der Waals surface area contributed by atoms with Gasteiger partial charge in [0.25, 0.3) is 0 Å². The zero-order chi connectivity index (χ0) is 8.27. The van der Waals surface area contributed by atoms with E-state index in [-0.39, 0.29) is 12.1 Å². The predicted octanol–water partition coefficient (Wildman–Crippen LogP) is 0.319. The molecule has 0 heterocycles. The van der Waals surface area contributed by atoms with Crippen molar-refractivity contribution in [2.45, 2.75) is 37.8 Å². The highest BCUT2D eigenvalue weighted by atomic mass is 32.2. The van der Waals surface area contributed by atoms with Crippen LogP contribution >= 0.6 is 0 Å². The smallest absolute Gasteiger partial charge is 0.311 e. The lowest BCUT2D eigenvalue weighted by molar-refractivity contribution is 0.387. The van der Waals surface area contributed by atoms with E-state index in [1.807, 2.05) is 0 Å². The van der Waals surface area contributed by atoms with E-state index in [2.05, 4.69) is 4.36 Å². The number of hydrogen-bond acceptors (Lipinski definition) is 4. The lowest BCUT2D eigenvalue weighted by Gasteiger charge is -2.23. The summed E-state index contributed by atoms with van der Waals surface area (Å²) in [6.07, 6.45) is 3.85. The van der Waals surface area contributed by atoms with Crippen molar-refractivity contribution in [3.8, 4) is 0 Å². The molecule has 0 radical (unpaired) electrons. The molecule has 0 amide bonds. The van der Waals surface area contributed by atoms with E-state index in [0.29, 0.717) is 0 Å². The Labute approximate surface area is 67.5 Å². The fourth-order valence-corrected chi connectivity index (χ4v) is 1.86. The first-order chi connectivity index (χ1) is 5.20. The van der Waals surface area contributed by atoms with Gasteiger partial charge in [-0.15, -0.1) is 0 Å². The lowest BCUT2D eigenvalue weighted by Crippen LogP contribution is -2.35. The van der Waals surface area contributed by atoms with Crippen molar-refractivity contribution in [1.29, 1.82) is 0 Å². The van der Waals surface area contributed by atoms with Gasteiger partial charge >= 0.3 is 10.5 Å². The molecule has 5 heteroatoms. The molecule has 0 saturated heterocycles. The molecule has 0 aromatic carbocycles. The second-order valence-electron chi connectivity index (χ2n) is 2.84. The van der Waals surface area contributed by atoms with Crippen LogP contribution in [-0.4, -0.2) is 20.5 Å². The summed E-state index contributed by atoms with van der Waals surface area (Å²) in [5, 5.41) is 0. The molecule has 4 nitrogen and oxygen atoms in total. The Morgan fingerprint density at radius 3 is 2.45 bits per heavy atom.